The molecule has 10 N–H and O–H groups in total. The molecular weight excluding hydrogens is 598 g/mol. The lowest BCUT2D eigenvalue weighted by Gasteiger charge is -2.22. The number of anilines is 1. The van der Waals surface area contributed by atoms with Crippen molar-refractivity contribution in [2.45, 2.75) is 55.9 Å². The summed E-state index contributed by atoms with van der Waals surface area (Å²) in [6, 6.07) is -1.39. The summed E-state index contributed by atoms with van der Waals surface area (Å²) in [6.45, 7) is 0.320. The Morgan fingerprint density at radius 3 is 2.16 bits per heavy atom. The van der Waals surface area contributed by atoms with Crippen LogP contribution in [0, 0.1) is 6.92 Å². The zero-order chi connectivity index (χ0) is 30.8. The summed E-state index contributed by atoms with van der Waals surface area (Å²) in [5.74, 6) is 0.0521. The van der Waals surface area contributed by atoms with Crippen LogP contribution in [0.4, 0.5) is 5.95 Å². The number of hydrogen-bond donors (Lipinski definition) is 9. The molecule has 0 saturated carbocycles. The summed E-state index contributed by atoms with van der Waals surface area (Å²) in [6.07, 6.45) is -7.38. The first kappa shape index (κ1) is 29.2. The lowest BCUT2D eigenvalue weighted by molar-refractivity contribution is -0.0489. The van der Waals surface area contributed by atoms with Crippen LogP contribution in [0.3, 0.4) is 0 Å². The maximum Gasteiger partial charge on any atom is 0.280 e. The van der Waals surface area contributed by atoms with Crippen LogP contribution in [-0.4, -0.2) is 118 Å². The third-order valence-electron chi connectivity index (χ3n) is 7.21. The molecule has 4 aromatic rings. The number of ether oxygens (including phenoxy) is 2. The van der Waals surface area contributed by atoms with Crippen LogP contribution in [0.15, 0.2) is 22.2 Å². The van der Waals surface area contributed by atoms with Gasteiger partial charge in [0.15, 0.2) is 34.8 Å². The number of aromatic amines is 2. The first-order valence-electron chi connectivity index (χ1n) is 12.8. The van der Waals surface area contributed by atoms with E-state index >= 15 is 0 Å². The monoisotopic (exact) mass is 625 g/mol. The summed E-state index contributed by atoms with van der Waals surface area (Å²) in [7, 11) is -4.45. The molecule has 21 nitrogen and oxygen atoms in total. The molecule has 232 valence electrons. The number of aliphatic hydroxyl groups excluding tert-OH is 4. The summed E-state index contributed by atoms with van der Waals surface area (Å²) < 4.78 is 44.2. The zero-order valence-electron chi connectivity index (χ0n) is 22.1. The van der Waals surface area contributed by atoms with E-state index in [1.807, 2.05) is 0 Å². The maximum atomic E-state index is 13.0. The molecule has 0 radical (unpaired) electrons. The minimum atomic E-state index is -4.45. The first-order chi connectivity index (χ1) is 20.4. The van der Waals surface area contributed by atoms with Gasteiger partial charge in [-0.25, -0.2) is 15.0 Å². The molecule has 4 aromatic heterocycles. The maximum absolute atomic E-state index is 13.0. The molecule has 0 bridgehead atoms. The van der Waals surface area contributed by atoms with Crippen LogP contribution < -0.4 is 26.3 Å². The van der Waals surface area contributed by atoms with Gasteiger partial charge < -0.3 is 40.6 Å². The quantitative estimate of drug-likeness (QED) is 0.0883. The minimum absolute atomic E-state index is 0.0203. The molecule has 2 fully saturated rings. The van der Waals surface area contributed by atoms with Crippen LogP contribution >= 0.6 is 0 Å². The molecule has 43 heavy (non-hydrogen) atoms. The van der Waals surface area contributed by atoms with Crippen LogP contribution in [0.2, 0.25) is 0 Å². The number of nitrogens with one attached hydrogen (secondary N) is 4. The van der Waals surface area contributed by atoms with Crippen LogP contribution in [0.25, 0.3) is 22.3 Å². The van der Waals surface area contributed by atoms with E-state index in [-0.39, 0.29) is 34.1 Å². The predicted octanol–water partition coefficient (Wildman–Crippen LogP) is -5.19. The summed E-state index contributed by atoms with van der Waals surface area (Å²) >= 11 is 0. The smallest absolute Gasteiger partial charge is 0.280 e. The van der Waals surface area contributed by atoms with Gasteiger partial charge >= 0.3 is 0 Å². The molecule has 6 heterocycles. The Morgan fingerprint density at radius 2 is 1.51 bits per heavy atom. The molecule has 6 rings (SSSR count). The fourth-order valence-corrected chi connectivity index (χ4v) is 6.28. The largest absolute Gasteiger partial charge is 0.394 e. The molecule has 0 aliphatic carbocycles. The molecule has 0 aromatic carbocycles. The molecule has 2 aliphatic heterocycles. The average Bonchev–Trinajstić information content (AvgIpc) is 3.69. The Bertz CT molecular complexity index is 1900. The van der Waals surface area contributed by atoms with Crippen LogP contribution in [0.5, 0.6) is 0 Å². The number of imidazole rings is 2. The number of aliphatic hydroxyl groups is 4. The van der Waals surface area contributed by atoms with Gasteiger partial charge in [-0.1, -0.05) is 0 Å². The molecule has 22 heteroatoms. The van der Waals surface area contributed by atoms with E-state index in [0.29, 0.717) is 0 Å². The highest BCUT2D eigenvalue weighted by atomic mass is 32.2. The zero-order valence-corrected chi connectivity index (χ0v) is 22.9. The second-order valence-corrected chi connectivity index (χ2v) is 11.6. The number of hydrogen-bond acceptors (Lipinski definition) is 15. The van der Waals surface area contributed by atoms with Crippen molar-refractivity contribution in [1.29, 1.82) is 0 Å². The van der Waals surface area contributed by atoms with Gasteiger partial charge in [-0.15, -0.1) is 0 Å². The topological polar surface area (TPSA) is 311 Å². The van der Waals surface area contributed by atoms with E-state index < -0.39 is 83.5 Å². The molecule has 0 unspecified atom stereocenters. The van der Waals surface area contributed by atoms with Crippen molar-refractivity contribution in [1.82, 2.24) is 48.5 Å². The van der Waals surface area contributed by atoms with Gasteiger partial charge in [0.25, 0.3) is 21.3 Å². The van der Waals surface area contributed by atoms with Gasteiger partial charge in [0.2, 0.25) is 5.95 Å². The van der Waals surface area contributed by atoms with E-state index in [9.17, 15) is 38.4 Å². The standard InChI is InChI=1S/C21H27N11O10S/c1-6-26-15-10(17(37)27-6)23-4-31(15)20-14(36)12(34)7(41-20)2-25-43(39,40)30-9-8(3-33)42-19(13(9)35)32-5-24-11-16(32)28-21(22)29-18(11)38/h4-5,7-9,12-14,19-20,25,30,33-36H,2-3H2,1H3,(H,26,27,37)(H3,22,28,29,38)/t7-,8-,9-,12-,13-,14-,19-,20-/m1/s1. The van der Waals surface area contributed by atoms with Gasteiger partial charge in [0.1, 0.15) is 36.3 Å². The van der Waals surface area contributed by atoms with Crippen molar-refractivity contribution in [3.8, 4) is 0 Å². The van der Waals surface area contributed by atoms with E-state index in [1.165, 1.54) is 15.5 Å². The third kappa shape index (κ3) is 5.07. The molecule has 0 spiro atoms. The number of aromatic nitrogens is 8. The van der Waals surface area contributed by atoms with Crippen molar-refractivity contribution < 1.29 is 38.3 Å². The van der Waals surface area contributed by atoms with Gasteiger partial charge in [0, 0.05) is 6.54 Å². The average molecular weight is 626 g/mol. The first-order valence-corrected chi connectivity index (χ1v) is 14.3. The number of nitrogen functional groups attached to an aromatic ring is 1. The van der Waals surface area contributed by atoms with Crippen molar-refractivity contribution in [2.24, 2.45) is 0 Å². The van der Waals surface area contributed by atoms with Crippen molar-refractivity contribution >= 4 is 38.5 Å². The van der Waals surface area contributed by atoms with E-state index in [1.54, 1.807) is 6.92 Å². The number of nitrogens with two attached hydrogens (primary N) is 1. The van der Waals surface area contributed by atoms with Gasteiger partial charge in [0.05, 0.1) is 25.3 Å². The van der Waals surface area contributed by atoms with Gasteiger partial charge in [-0.05, 0) is 6.92 Å². The highest BCUT2D eigenvalue weighted by Gasteiger charge is 2.48. The number of fused-ring (bicyclic) bond motifs is 2. The van der Waals surface area contributed by atoms with Crippen LogP contribution in [0.1, 0.15) is 18.3 Å². The molecule has 2 aliphatic rings. The van der Waals surface area contributed by atoms with E-state index in [4.69, 9.17) is 15.2 Å². The number of nitrogens with zero attached hydrogens (tertiary/aromatic N) is 6. The Hall–Kier alpha value is -3.87. The highest BCUT2D eigenvalue weighted by Crippen LogP contribution is 2.32. The van der Waals surface area contributed by atoms with E-state index in [2.05, 4.69) is 39.3 Å². The molecule has 0 amide bonds. The van der Waals surface area contributed by atoms with Gasteiger partial charge in [-0.2, -0.15) is 22.8 Å². The SMILES string of the molecule is Cc1nc2c(ncn2[C@@H]2O[C@H](CNS(=O)(=O)N[C@H]3[C@@H](O)[C@H](n4cnc5c(=O)[nH]c(N)nc54)O[C@@H]3CO)[C@@H](O)[C@H]2O)c(=O)[nH]1. The highest BCUT2D eigenvalue weighted by molar-refractivity contribution is 7.87. The normalized spacial score (nSPS) is 29.7. The summed E-state index contributed by atoms with van der Waals surface area (Å²) in [5.41, 5.74) is 4.39. The second kappa shape index (κ2) is 10.7. The summed E-state index contributed by atoms with van der Waals surface area (Å²) in [5, 5.41) is 42.0. The Morgan fingerprint density at radius 1 is 0.930 bits per heavy atom. The Kier molecular flexibility index (Phi) is 7.26. The van der Waals surface area contributed by atoms with Crippen molar-refractivity contribution in [3.05, 3.63) is 39.2 Å². The van der Waals surface area contributed by atoms with Gasteiger partial charge in [-0.3, -0.25) is 23.7 Å². The summed E-state index contributed by atoms with van der Waals surface area (Å²) in [4.78, 5) is 45.2. The molecule has 2 saturated heterocycles. The van der Waals surface area contributed by atoms with Crippen molar-refractivity contribution in [3.63, 3.8) is 0 Å². The number of rotatable bonds is 8. The Balaban J connectivity index is 1.16. The fourth-order valence-electron chi connectivity index (χ4n) is 5.17. The minimum Gasteiger partial charge on any atom is -0.394 e. The van der Waals surface area contributed by atoms with Crippen LogP contribution in [-0.2, 0) is 19.7 Å². The van der Waals surface area contributed by atoms with E-state index in [0.717, 1.165) is 6.33 Å². The lowest BCUT2D eigenvalue weighted by atomic mass is 10.1. The predicted molar refractivity (Wildman–Crippen MR) is 142 cm³/mol. The number of aryl methyl sites for hydroxylation is 1. The third-order valence-corrected chi connectivity index (χ3v) is 8.34. The Labute approximate surface area is 239 Å². The number of H-pyrrole nitrogens is 2. The lowest BCUT2D eigenvalue weighted by Crippen LogP contribution is -2.53. The molecular formula is C21H27N11O10S. The van der Waals surface area contributed by atoms with Crippen molar-refractivity contribution in [2.75, 3.05) is 18.9 Å². The second-order valence-electron chi connectivity index (χ2n) is 10.0. The fraction of sp³-hybridized carbons (Fsp3) is 0.524. The molecule has 8 atom stereocenters.